The molecule has 23 heteroatoms. The molecule has 20 nitrogen and oxygen atoms in total. The Balaban J connectivity index is 0.000000153. The van der Waals surface area contributed by atoms with Crippen LogP contribution in [0.3, 0.4) is 0 Å². The van der Waals surface area contributed by atoms with E-state index in [0.29, 0.717) is 31.4 Å². The van der Waals surface area contributed by atoms with Gasteiger partial charge in [-0.2, -0.15) is 13.5 Å². The van der Waals surface area contributed by atoms with E-state index in [0.717, 1.165) is 169 Å². The van der Waals surface area contributed by atoms with E-state index >= 15 is 0 Å². The van der Waals surface area contributed by atoms with E-state index in [1.54, 1.807) is 26.8 Å². The van der Waals surface area contributed by atoms with Gasteiger partial charge < -0.3 is 43.1 Å². The van der Waals surface area contributed by atoms with Gasteiger partial charge in [-0.3, -0.25) is 29.3 Å². The SMILES string of the molecule is CC(C)(C)OC(=O)N1CCC[C@H]1C1=NC=C(c2ccc3cc(B4OC(C)(C)C(C)(C)O4)ccc3c2)C1.CC(C)(C)OC(=O)N1CCC[C@H]1c1ncc(-c2ccc3cc(-c4ccc5[nH]c(C6CCCN6C(=O)OCc6ccccc6)cc(=O)c5c4)ccc3c2)[nH]1.O=C1C=C(C2CCCN2C(=O)OCc2ccccc2)Cc2ccc(Br)cc21.S. The normalized spacial score (nSPS) is 19.4. The van der Waals surface area contributed by atoms with Crippen molar-refractivity contribution in [1.29, 1.82) is 0 Å². The number of rotatable bonds is 12. The number of likely N-dealkylation sites (tertiary alicyclic amines) is 4. The number of nitrogens with one attached hydrogen (secondary N) is 2. The van der Waals surface area contributed by atoms with Crippen molar-refractivity contribution in [3.63, 3.8) is 0 Å². The molecule has 0 bridgehead atoms. The molecule has 17 rings (SSSR count). The molecule has 5 saturated heterocycles. The highest BCUT2D eigenvalue weighted by Crippen LogP contribution is 2.41. The highest BCUT2D eigenvalue weighted by molar-refractivity contribution is 9.10. The zero-order chi connectivity index (χ0) is 81.4. The van der Waals surface area contributed by atoms with Crippen LogP contribution in [-0.2, 0) is 47.9 Å². The second-order valence-corrected chi connectivity index (χ2v) is 35.1. The first-order chi connectivity index (χ1) is 55.5. The number of aromatic nitrogens is 3. The molecule has 2 N–H and O–H groups in total. The Morgan fingerprint density at radius 3 is 1.66 bits per heavy atom. The summed E-state index contributed by atoms with van der Waals surface area (Å²) in [4.78, 5) is 101. The molecule has 0 saturated carbocycles. The molecule has 6 aliphatic heterocycles. The van der Waals surface area contributed by atoms with Crippen molar-refractivity contribution < 1.29 is 52.2 Å². The van der Waals surface area contributed by atoms with Crippen molar-refractivity contribution in [2.24, 2.45) is 4.99 Å². The molecular formula is C94H102BBrN8O12S. The van der Waals surface area contributed by atoms with Gasteiger partial charge in [0.25, 0.3) is 0 Å². The topological polar surface area (TPSA) is 228 Å². The number of imidazole rings is 1. The lowest BCUT2D eigenvalue weighted by Gasteiger charge is -2.32. The number of hydrogen-bond donors (Lipinski definition) is 2. The van der Waals surface area contributed by atoms with Crippen molar-refractivity contribution in [2.75, 3.05) is 26.2 Å². The Morgan fingerprint density at radius 2 is 1.04 bits per heavy atom. The summed E-state index contributed by atoms with van der Waals surface area (Å²) in [6, 6.07) is 57.7. The van der Waals surface area contributed by atoms with Crippen LogP contribution in [0.5, 0.6) is 0 Å². The van der Waals surface area contributed by atoms with Gasteiger partial charge in [-0.25, -0.2) is 24.2 Å². The third kappa shape index (κ3) is 18.9. The standard InChI is InChI=1S/C43H43N5O5.C29H37BN2O4.C22H20BrNO3.H2S/c1-43(2,3)53-42(51)48-20-8-12-38(48)40-44-25-36(46-40)32-16-15-28-21-29(13-14-30(28)22-32)31-17-18-34-33(23-31)39(49)24-35(45-34)37-11-7-19-47(37)41(50)52-26-27-9-5-4-6-10-27;1-27(2,3)34-26(33)32-14-8-9-25(32)24-17-22(18-31-24)20-10-11-21-16-23(13-12-19(21)15-20)30-35-28(4,5)29(6,7)36-30;23-18-9-8-16-11-17(12-21(25)19(16)13-18)20-7-4-10-24(20)22(26)27-14-15-5-2-1-3-6-15;/h4-6,9-10,13-18,21-25,37-38H,7-8,11-12,19-20,26H2,1-3H3,(H,44,46)(H,45,49);10-13,15-16,18,25H,8-9,14,17H2,1-7H3;1-3,5-6,8-9,12-13,20H,4,7,10-11,14H2;1H2/t37?,38-;25-;;/m00../s1. The number of fused-ring (bicyclic) bond motifs is 4. The molecule has 8 heterocycles. The predicted octanol–water partition coefficient (Wildman–Crippen LogP) is 20.0. The average molecular weight is 1660 g/mol. The zero-order valence-corrected chi connectivity index (χ0v) is 70.7. The lowest BCUT2D eigenvalue weighted by Crippen LogP contribution is -2.43. The monoisotopic (exact) mass is 1660 g/mol. The molecule has 1 aliphatic carbocycles. The number of aromatic amines is 2. The zero-order valence-electron chi connectivity index (χ0n) is 68.1. The maximum atomic E-state index is 13.5. The lowest BCUT2D eigenvalue weighted by atomic mass is 9.78. The number of carbonyl (C=O) groups excluding carboxylic acids is 5. The van der Waals surface area contributed by atoms with E-state index in [4.69, 9.17) is 33.2 Å². The number of pyridine rings is 1. The van der Waals surface area contributed by atoms with Crippen LogP contribution in [0.1, 0.15) is 183 Å². The Labute approximate surface area is 699 Å². The summed E-state index contributed by atoms with van der Waals surface area (Å²) in [6.45, 7) is 22.7. The van der Waals surface area contributed by atoms with E-state index < -0.39 is 11.2 Å². The number of hydrogen-bond acceptors (Lipinski definition) is 14. The van der Waals surface area contributed by atoms with Crippen LogP contribution in [0, 0.1) is 0 Å². The molecule has 5 fully saturated rings. The first kappa shape index (κ1) is 82.9. The number of ketones is 1. The summed E-state index contributed by atoms with van der Waals surface area (Å²) in [6.07, 6.45) is 12.7. The van der Waals surface area contributed by atoms with Crippen molar-refractivity contribution in [1.82, 2.24) is 34.6 Å². The summed E-state index contributed by atoms with van der Waals surface area (Å²) in [5.74, 6) is 0.774. The van der Waals surface area contributed by atoms with E-state index in [1.807, 2.05) is 156 Å². The molecule has 2 aromatic heterocycles. The Kier molecular flexibility index (Phi) is 24.5. The third-order valence-corrected chi connectivity index (χ3v) is 23.6. The first-order valence-corrected chi connectivity index (χ1v) is 41.2. The summed E-state index contributed by atoms with van der Waals surface area (Å²) in [5.41, 5.74) is 12.5. The quantitative estimate of drug-likeness (QED) is 0.0858. The molecule has 10 aromatic rings. The van der Waals surface area contributed by atoms with Crippen LogP contribution in [0.4, 0.5) is 19.2 Å². The van der Waals surface area contributed by atoms with Gasteiger partial charge in [0.05, 0.1) is 47.3 Å². The van der Waals surface area contributed by atoms with E-state index in [2.05, 4.69) is 131 Å². The number of nitrogens with zero attached hydrogens (tertiary/aromatic N) is 6. The van der Waals surface area contributed by atoms with Gasteiger partial charge in [-0.15, -0.1) is 0 Å². The smallest absolute Gasteiger partial charge is 0.445 e. The van der Waals surface area contributed by atoms with Crippen LogP contribution < -0.4 is 10.9 Å². The van der Waals surface area contributed by atoms with Gasteiger partial charge in [-0.1, -0.05) is 143 Å². The lowest BCUT2D eigenvalue weighted by molar-refractivity contribution is 0.00578. The van der Waals surface area contributed by atoms with Gasteiger partial charge >= 0.3 is 31.5 Å². The van der Waals surface area contributed by atoms with Crippen LogP contribution >= 0.6 is 29.4 Å². The highest BCUT2D eigenvalue weighted by atomic mass is 79.9. The van der Waals surface area contributed by atoms with Gasteiger partial charge in [0.15, 0.2) is 11.2 Å². The summed E-state index contributed by atoms with van der Waals surface area (Å²) < 4.78 is 35.8. The van der Waals surface area contributed by atoms with Gasteiger partial charge in [0.1, 0.15) is 30.2 Å². The second kappa shape index (κ2) is 34.5. The van der Waals surface area contributed by atoms with Gasteiger partial charge in [-0.05, 0) is 247 Å². The first-order valence-electron chi connectivity index (χ1n) is 40.4. The summed E-state index contributed by atoms with van der Waals surface area (Å²) in [7, 11) is -0.369. The second-order valence-electron chi connectivity index (χ2n) is 34.2. The fraction of sp³-hybridized carbons (Fsp3) is 0.362. The predicted molar refractivity (Wildman–Crippen MR) is 468 cm³/mol. The van der Waals surface area contributed by atoms with Gasteiger partial charge in [0.2, 0.25) is 0 Å². The minimum Gasteiger partial charge on any atom is -0.445 e. The maximum absolute atomic E-state index is 13.5. The van der Waals surface area contributed by atoms with Gasteiger partial charge in [0, 0.05) is 82.8 Å². The minimum absolute atomic E-state index is 0. The highest BCUT2D eigenvalue weighted by Gasteiger charge is 2.52. The largest absolute Gasteiger partial charge is 0.494 e. The van der Waals surface area contributed by atoms with Crippen LogP contribution in [-0.4, -0.2) is 138 Å². The third-order valence-electron chi connectivity index (χ3n) is 23.1. The number of allylic oxidation sites excluding steroid dienone is 2. The van der Waals surface area contributed by atoms with Crippen molar-refractivity contribution >= 4 is 116 Å². The van der Waals surface area contributed by atoms with Crippen LogP contribution in [0.15, 0.2) is 214 Å². The molecule has 117 heavy (non-hydrogen) atoms. The molecule has 2 unspecified atom stereocenters. The number of halogens is 1. The van der Waals surface area contributed by atoms with Crippen molar-refractivity contribution in [3.05, 3.63) is 254 Å². The van der Waals surface area contributed by atoms with Crippen LogP contribution in [0.25, 0.3) is 60.4 Å². The van der Waals surface area contributed by atoms with E-state index in [1.165, 1.54) is 11.0 Å². The Morgan fingerprint density at radius 1 is 0.538 bits per heavy atom. The van der Waals surface area contributed by atoms with Crippen molar-refractivity contribution in [2.45, 2.75) is 193 Å². The molecule has 0 spiro atoms. The molecule has 8 aromatic carbocycles. The van der Waals surface area contributed by atoms with Crippen LogP contribution in [0.2, 0.25) is 0 Å². The number of benzene rings is 8. The molecule has 0 radical (unpaired) electrons. The molecule has 7 aliphatic rings. The summed E-state index contributed by atoms with van der Waals surface area (Å²) in [5, 5.41) is 5.06. The molecule has 4 atom stereocenters. The molecule has 606 valence electrons. The molecular weight excluding hydrogens is 1560 g/mol. The minimum atomic E-state index is -0.555. The number of ether oxygens (including phenoxy) is 4. The Bertz CT molecular complexity index is 5560. The fourth-order valence-electron chi connectivity index (χ4n) is 16.5. The average Bonchev–Trinajstić information content (AvgIpc) is 1.65. The summed E-state index contributed by atoms with van der Waals surface area (Å²) >= 11 is 3.42. The Hall–Kier alpha value is -10.6. The number of H-pyrrole nitrogens is 2. The van der Waals surface area contributed by atoms with E-state index in [-0.39, 0.29) is 105 Å². The molecule has 4 amide bonds. The fourth-order valence-corrected chi connectivity index (χ4v) is 16.8. The number of carbonyl (C=O) groups is 5. The van der Waals surface area contributed by atoms with E-state index in [9.17, 15) is 28.8 Å². The van der Waals surface area contributed by atoms with Crippen molar-refractivity contribution in [3.8, 4) is 22.4 Å². The number of amides is 4. The maximum Gasteiger partial charge on any atom is 0.494 e. The number of aliphatic imine (C=N–C) groups is 1.